The fourth-order valence-electron chi connectivity index (χ4n) is 2.85. The fourth-order valence-corrected chi connectivity index (χ4v) is 3.78. The number of nitrogens with zero attached hydrogens (tertiary/aromatic N) is 2. The second kappa shape index (κ2) is 6.71. The van der Waals surface area contributed by atoms with Crippen LogP contribution in [0.5, 0.6) is 0 Å². The van der Waals surface area contributed by atoms with Gasteiger partial charge in [-0.05, 0) is 19.1 Å². The van der Waals surface area contributed by atoms with Crippen molar-refractivity contribution in [3.8, 4) is 0 Å². The van der Waals surface area contributed by atoms with E-state index in [9.17, 15) is 9.59 Å². The van der Waals surface area contributed by atoms with E-state index in [0.29, 0.717) is 38.5 Å². The lowest BCUT2D eigenvalue weighted by Gasteiger charge is -2.34. The van der Waals surface area contributed by atoms with E-state index in [4.69, 9.17) is 4.74 Å². The molecule has 0 aromatic heterocycles. The lowest BCUT2D eigenvalue weighted by Crippen LogP contribution is -2.48. The minimum atomic E-state index is 0.0755. The molecule has 2 heterocycles. The van der Waals surface area contributed by atoms with Gasteiger partial charge in [0, 0.05) is 24.4 Å². The number of benzene rings is 1. The van der Waals surface area contributed by atoms with E-state index in [1.807, 2.05) is 36.1 Å². The molecule has 118 valence electrons. The molecule has 0 N–H and O–H groups in total. The number of carbonyl (C=O) groups is 2. The van der Waals surface area contributed by atoms with Gasteiger partial charge in [-0.25, -0.2) is 0 Å². The van der Waals surface area contributed by atoms with Gasteiger partial charge in [-0.15, -0.1) is 11.8 Å². The highest BCUT2D eigenvalue weighted by atomic mass is 32.2. The lowest BCUT2D eigenvalue weighted by atomic mass is 10.2. The number of ether oxygens (including phenoxy) is 1. The Morgan fingerprint density at radius 3 is 3.05 bits per heavy atom. The van der Waals surface area contributed by atoms with Gasteiger partial charge in [0.25, 0.3) is 0 Å². The molecule has 1 aromatic rings. The van der Waals surface area contributed by atoms with E-state index in [1.54, 1.807) is 16.7 Å². The second-order valence-corrected chi connectivity index (χ2v) is 6.58. The van der Waals surface area contributed by atoms with E-state index in [1.165, 1.54) is 0 Å². The Bertz CT molecular complexity index is 578. The minimum absolute atomic E-state index is 0.0755. The Morgan fingerprint density at radius 2 is 2.23 bits per heavy atom. The summed E-state index contributed by atoms with van der Waals surface area (Å²) in [6, 6.07) is 7.98. The molecule has 3 rings (SSSR count). The number of hydrogen-bond acceptors (Lipinski definition) is 4. The normalized spacial score (nSPS) is 21.7. The van der Waals surface area contributed by atoms with E-state index in [0.717, 1.165) is 10.6 Å². The zero-order chi connectivity index (χ0) is 15.5. The molecule has 2 amide bonds. The Morgan fingerprint density at radius 1 is 1.41 bits per heavy atom. The third-order valence-electron chi connectivity index (χ3n) is 4.05. The predicted octanol–water partition coefficient (Wildman–Crippen LogP) is 1.76. The molecule has 0 spiro atoms. The number of hydrogen-bond donors (Lipinski definition) is 0. The molecular formula is C16H20N2O3S. The summed E-state index contributed by atoms with van der Waals surface area (Å²) in [5, 5.41) is 0. The van der Waals surface area contributed by atoms with Gasteiger partial charge in [-0.3, -0.25) is 9.59 Å². The molecule has 5 nitrogen and oxygen atoms in total. The second-order valence-electron chi connectivity index (χ2n) is 5.56. The monoisotopic (exact) mass is 320 g/mol. The van der Waals surface area contributed by atoms with Gasteiger partial charge in [0.15, 0.2) is 0 Å². The maximum Gasteiger partial charge on any atom is 0.237 e. The topological polar surface area (TPSA) is 49.9 Å². The molecule has 0 saturated carbocycles. The van der Waals surface area contributed by atoms with Gasteiger partial charge in [-0.2, -0.15) is 0 Å². The van der Waals surface area contributed by atoms with Gasteiger partial charge in [0.05, 0.1) is 30.7 Å². The number of thioether (sulfide) groups is 1. The SMILES string of the molecule is CC1COCCN1C(=O)CCN1C(=O)CSc2ccccc21. The van der Waals surface area contributed by atoms with Gasteiger partial charge < -0.3 is 14.5 Å². The van der Waals surface area contributed by atoms with Crippen molar-refractivity contribution < 1.29 is 14.3 Å². The van der Waals surface area contributed by atoms with Crippen LogP contribution in [0, 0.1) is 0 Å². The molecule has 0 bridgehead atoms. The van der Waals surface area contributed by atoms with E-state index in [2.05, 4.69) is 0 Å². The number of fused-ring (bicyclic) bond motifs is 1. The van der Waals surface area contributed by atoms with Gasteiger partial charge in [0.2, 0.25) is 11.8 Å². The van der Waals surface area contributed by atoms with Crippen LogP contribution in [0.4, 0.5) is 5.69 Å². The first-order valence-corrected chi connectivity index (χ1v) is 8.55. The van der Waals surface area contributed by atoms with E-state index >= 15 is 0 Å². The molecule has 22 heavy (non-hydrogen) atoms. The Balaban J connectivity index is 1.66. The maximum atomic E-state index is 12.4. The number of morpholine rings is 1. The van der Waals surface area contributed by atoms with Crippen LogP contribution in [0.3, 0.4) is 0 Å². The summed E-state index contributed by atoms with van der Waals surface area (Å²) >= 11 is 1.56. The van der Waals surface area contributed by atoms with Crippen molar-refractivity contribution in [2.45, 2.75) is 24.3 Å². The summed E-state index contributed by atoms with van der Waals surface area (Å²) < 4.78 is 5.36. The molecule has 2 aliphatic rings. The molecule has 1 unspecified atom stereocenters. The van der Waals surface area contributed by atoms with Gasteiger partial charge in [0.1, 0.15) is 0 Å². The van der Waals surface area contributed by atoms with Gasteiger partial charge >= 0.3 is 0 Å². The van der Waals surface area contributed by atoms with Crippen LogP contribution in [0.2, 0.25) is 0 Å². The number of rotatable bonds is 3. The fraction of sp³-hybridized carbons (Fsp3) is 0.500. The van der Waals surface area contributed by atoms with Crippen molar-refractivity contribution in [1.82, 2.24) is 4.90 Å². The lowest BCUT2D eigenvalue weighted by molar-refractivity contribution is -0.138. The molecule has 1 atom stereocenters. The van der Waals surface area contributed by atoms with E-state index in [-0.39, 0.29) is 17.9 Å². The quantitative estimate of drug-likeness (QED) is 0.851. The molecule has 1 saturated heterocycles. The van der Waals surface area contributed by atoms with Crippen molar-refractivity contribution in [1.29, 1.82) is 0 Å². The van der Waals surface area contributed by atoms with Gasteiger partial charge in [-0.1, -0.05) is 12.1 Å². The highest BCUT2D eigenvalue weighted by molar-refractivity contribution is 8.00. The summed E-state index contributed by atoms with van der Waals surface area (Å²) in [5.41, 5.74) is 0.923. The van der Waals surface area contributed by atoms with Crippen LogP contribution in [-0.4, -0.2) is 54.8 Å². The predicted molar refractivity (Wildman–Crippen MR) is 86.1 cm³/mol. The number of para-hydroxylation sites is 1. The first kappa shape index (κ1) is 15.4. The van der Waals surface area contributed by atoms with E-state index < -0.39 is 0 Å². The summed E-state index contributed by atoms with van der Waals surface area (Å²) in [7, 11) is 0. The number of carbonyl (C=O) groups excluding carboxylic acids is 2. The average Bonchev–Trinajstić information content (AvgIpc) is 2.54. The molecular weight excluding hydrogens is 300 g/mol. The van der Waals surface area contributed by atoms with Crippen LogP contribution in [0.1, 0.15) is 13.3 Å². The molecule has 2 aliphatic heterocycles. The van der Waals surface area contributed by atoms with Crippen molar-refractivity contribution in [3.63, 3.8) is 0 Å². The molecule has 0 radical (unpaired) electrons. The van der Waals surface area contributed by atoms with Crippen LogP contribution in [-0.2, 0) is 14.3 Å². The number of anilines is 1. The Labute approximate surface area is 134 Å². The third-order valence-corrected chi connectivity index (χ3v) is 5.09. The summed E-state index contributed by atoms with van der Waals surface area (Å²) in [6.45, 7) is 4.26. The molecule has 6 heteroatoms. The highest BCUT2D eigenvalue weighted by Gasteiger charge is 2.27. The Hall–Kier alpha value is -1.53. The van der Waals surface area contributed by atoms with Crippen molar-refractivity contribution >= 4 is 29.3 Å². The summed E-state index contributed by atoms with van der Waals surface area (Å²) in [5.74, 6) is 0.616. The standard InChI is InChI=1S/C16H20N2O3S/c1-12-10-21-9-8-17(12)15(19)6-7-18-13-4-2-3-5-14(13)22-11-16(18)20/h2-5,12H,6-11H2,1H3. The first-order chi connectivity index (χ1) is 10.7. The largest absolute Gasteiger partial charge is 0.377 e. The summed E-state index contributed by atoms with van der Waals surface area (Å²) in [6.07, 6.45) is 0.356. The van der Waals surface area contributed by atoms with Crippen molar-refractivity contribution in [3.05, 3.63) is 24.3 Å². The zero-order valence-electron chi connectivity index (χ0n) is 12.7. The first-order valence-electron chi connectivity index (χ1n) is 7.56. The zero-order valence-corrected chi connectivity index (χ0v) is 13.5. The van der Waals surface area contributed by atoms with Crippen LogP contribution < -0.4 is 4.90 Å². The molecule has 0 aliphatic carbocycles. The molecule has 1 aromatic carbocycles. The highest BCUT2D eigenvalue weighted by Crippen LogP contribution is 2.34. The van der Waals surface area contributed by atoms with Crippen molar-refractivity contribution in [2.24, 2.45) is 0 Å². The van der Waals surface area contributed by atoms with Crippen LogP contribution in [0.15, 0.2) is 29.2 Å². The summed E-state index contributed by atoms with van der Waals surface area (Å²) in [4.78, 5) is 29.3. The smallest absolute Gasteiger partial charge is 0.237 e. The number of amides is 2. The minimum Gasteiger partial charge on any atom is -0.377 e. The molecule has 1 fully saturated rings. The maximum absolute atomic E-state index is 12.4. The van der Waals surface area contributed by atoms with Crippen LogP contribution >= 0.6 is 11.8 Å². The average molecular weight is 320 g/mol. The Kier molecular flexibility index (Phi) is 4.69. The van der Waals surface area contributed by atoms with Crippen LogP contribution in [0.25, 0.3) is 0 Å². The van der Waals surface area contributed by atoms with Crippen molar-refractivity contribution in [2.75, 3.05) is 37.0 Å². The third kappa shape index (κ3) is 3.13.